The molecular weight excluding hydrogens is 174 g/mol. The van der Waals surface area contributed by atoms with Gasteiger partial charge in [0.15, 0.2) is 0 Å². The van der Waals surface area contributed by atoms with Gasteiger partial charge in [0.2, 0.25) is 5.91 Å². The quantitative estimate of drug-likeness (QED) is 0.454. The Morgan fingerprint density at radius 2 is 1.92 bits per heavy atom. The number of hydrogen-bond donors (Lipinski definition) is 3. The summed E-state index contributed by atoms with van der Waals surface area (Å²) in [6.45, 7) is 0. The molecule has 3 amide bonds. The molecule has 3 N–H and O–H groups in total. The van der Waals surface area contributed by atoms with Crippen LogP contribution in [0.2, 0.25) is 0 Å². The third kappa shape index (κ3) is 2.43. The van der Waals surface area contributed by atoms with Gasteiger partial charge in [0.05, 0.1) is 5.92 Å². The van der Waals surface area contributed by atoms with Gasteiger partial charge in [0.25, 0.3) is 0 Å². The summed E-state index contributed by atoms with van der Waals surface area (Å²) in [7, 11) is 1.44. The predicted octanol–water partition coefficient (Wildman–Crippen LogP) is -1.07. The molecule has 0 saturated heterocycles. The van der Waals surface area contributed by atoms with Gasteiger partial charge in [0.1, 0.15) is 5.78 Å². The van der Waals surface area contributed by atoms with Crippen LogP contribution >= 0.6 is 0 Å². The highest BCUT2D eigenvalue weighted by atomic mass is 16.2. The first kappa shape index (κ1) is 9.50. The average Bonchev–Trinajstić information content (AvgIpc) is 2.08. The maximum atomic E-state index is 11.1. The van der Waals surface area contributed by atoms with Gasteiger partial charge in [0, 0.05) is 19.9 Å². The van der Waals surface area contributed by atoms with E-state index < -0.39 is 6.03 Å². The molecule has 1 fully saturated rings. The molecule has 0 unspecified atom stereocenters. The van der Waals surface area contributed by atoms with Crippen molar-refractivity contribution >= 4 is 17.7 Å². The van der Waals surface area contributed by atoms with Crippen molar-refractivity contribution < 1.29 is 14.4 Å². The lowest BCUT2D eigenvalue weighted by molar-refractivity contribution is -0.138. The van der Waals surface area contributed by atoms with Crippen molar-refractivity contribution in [3.05, 3.63) is 0 Å². The second-order valence-electron chi connectivity index (χ2n) is 2.84. The van der Waals surface area contributed by atoms with Crippen LogP contribution in [0.4, 0.5) is 4.79 Å². The number of Topliss-reactive ketones (excluding diaryl/α,β-unsaturated/α-hetero) is 1. The lowest BCUT2D eigenvalue weighted by Crippen LogP contribution is -2.50. The van der Waals surface area contributed by atoms with Gasteiger partial charge in [-0.1, -0.05) is 0 Å². The number of amides is 3. The molecule has 0 aromatic heterocycles. The van der Waals surface area contributed by atoms with E-state index in [-0.39, 0.29) is 30.4 Å². The molecule has 13 heavy (non-hydrogen) atoms. The minimum atomic E-state index is -0.487. The van der Waals surface area contributed by atoms with E-state index >= 15 is 0 Å². The first-order valence-electron chi connectivity index (χ1n) is 3.92. The van der Waals surface area contributed by atoms with Crippen molar-refractivity contribution in [1.82, 2.24) is 16.2 Å². The Labute approximate surface area is 75.0 Å². The molecule has 0 radical (unpaired) electrons. The third-order valence-corrected chi connectivity index (χ3v) is 1.85. The van der Waals surface area contributed by atoms with Crippen LogP contribution in [-0.2, 0) is 9.59 Å². The fourth-order valence-corrected chi connectivity index (χ4v) is 0.958. The molecule has 0 heterocycles. The van der Waals surface area contributed by atoms with Crippen LogP contribution in [0.15, 0.2) is 0 Å². The maximum Gasteiger partial charge on any atom is 0.333 e. The summed E-state index contributed by atoms with van der Waals surface area (Å²) in [6.07, 6.45) is 0.558. The molecule has 6 heteroatoms. The molecule has 0 aromatic carbocycles. The van der Waals surface area contributed by atoms with Crippen molar-refractivity contribution in [2.75, 3.05) is 7.05 Å². The molecule has 0 bridgehead atoms. The van der Waals surface area contributed by atoms with Crippen LogP contribution in [0.1, 0.15) is 12.8 Å². The first-order chi connectivity index (χ1) is 6.13. The van der Waals surface area contributed by atoms with E-state index in [2.05, 4.69) is 16.2 Å². The van der Waals surface area contributed by atoms with Gasteiger partial charge in [-0.2, -0.15) is 0 Å². The highest BCUT2D eigenvalue weighted by molar-refractivity contribution is 5.96. The Balaban J connectivity index is 2.19. The van der Waals surface area contributed by atoms with Crippen molar-refractivity contribution in [2.24, 2.45) is 5.92 Å². The number of carbonyl (C=O) groups is 3. The summed E-state index contributed by atoms with van der Waals surface area (Å²) in [5.41, 5.74) is 4.34. The second-order valence-corrected chi connectivity index (χ2v) is 2.84. The lowest BCUT2D eigenvalue weighted by atomic mass is 9.83. The van der Waals surface area contributed by atoms with Crippen LogP contribution in [0.25, 0.3) is 0 Å². The summed E-state index contributed by atoms with van der Waals surface area (Å²) in [5, 5.41) is 2.27. The normalized spacial score (nSPS) is 15.9. The minimum Gasteiger partial charge on any atom is -0.340 e. The van der Waals surface area contributed by atoms with Crippen molar-refractivity contribution in [1.29, 1.82) is 0 Å². The minimum absolute atomic E-state index is 0.0834. The van der Waals surface area contributed by atoms with Crippen LogP contribution in [0.5, 0.6) is 0 Å². The van der Waals surface area contributed by atoms with E-state index in [1.807, 2.05) is 0 Å². The maximum absolute atomic E-state index is 11.1. The smallest absolute Gasteiger partial charge is 0.333 e. The summed E-state index contributed by atoms with van der Waals surface area (Å²) in [4.78, 5) is 32.2. The number of carbonyl (C=O) groups excluding carboxylic acids is 3. The van der Waals surface area contributed by atoms with Gasteiger partial charge >= 0.3 is 6.03 Å². The fraction of sp³-hybridized carbons (Fsp3) is 0.571. The Morgan fingerprint density at radius 1 is 1.31 bits per heavy atom. The third-order valence-electron chi connectivity index (χ3n) is 1.85. The van der Waals surface area contributed by atoms with Crippen LogP contribution < -0.4 is 16.2 Å². The molecule has 0 aromatic rings. The largest absolute Gasteiger partial charge is 0.340 e. The Kier molecular flexibility index (Phi) is 2.84. The van der Waals surface area contributed by atoms with Gasteiger partial charge < -0.3 is 5.32 Å². The average molecular weight is 185 g/mol. The van der Waals surface area contributed by atoms with E-state index in [4.69, 9.17) is 0 Å². The topological polar surface area (TPSA) is 87.3 Å². The van der Waals surface area contributed by atoms with Crippen LogP contribution in [-0.4, -0.2) is 24.8 Å². The zero-order chi connectivity index (χ0) is 9.84. The van der Waals surface area contributed by atoms with Crippen molar-refractivity contribution in [3.63, 3.8) is 0 Å². The molecule has 6 nitrogen and oxygen atoms in total. The molecule has 0 atom stereocenters. The molecule has 1 aliphatic rings. The molecule has 1 aliphatic carbocycles. The molecule has 0 spiro atoms. The predicted molar refractivity (Wildman–Crippen MR) is 43.5 cm³/mol. The van der Waals surface area contributed by atoms with Gasteiger partial charge in [-0.05, 0) is 0 Å². The summed E-state index contributed by atoms with van der Waals surface area (Å²) >= 11 is 0. The Hall–Kier alpha value is -1.59. The fourth-order valence-electron chi connectivity index (χ4n) is 0.958. The zero-order valence-electron chi connectivity index (χ0n) is 7.22. The van der Waals surface area contributed by atoms with Crippen LogP contribution in [0, 0.1) is 5.92 Å². The highest BCUT2D eigenvalue weighted by Gasteiger charge is 2.32. The SMILES string of the molecule is CNC(=O)NNC(=O)C1CC(=O)C1. The number of rotatable bonds is 1. The summed E-state index contributed by atoms with van der Waals surface area (Å²) in [5.74, 6) is -0.507. The van der Waals surface area contributed by atoms with Gasteiger partial charge in [-0.15, -0.1) is 0 Å². The standard InChI is InChI=1S/C7H11N3O3/c1-8-7(13)10-9-6(12)4-2-5(11)3-4/h4H,2-3H2,1H3,(H,9,12)(H2,8,10,13). The van der Waals surface area contributed by atoms with Gasteiger partial charge in [-0.25, -0.2) is 10.2 Å². The summed E-state index contributed by atoms with van der Waals surface area (Å²) < 4.78 is 0. The van der Waals surface area contributed by atoms with E-state index in [1.54, 1.807) is 0 Å². The molecule has 1 saturated carbocycles. The first-order valence-corrected chi connectivity index (χ1v) is 3.92. The van der Waals surface area contributed by atoms with E-state index in [0.717, 1.165) is 0 Å². The number of nitrogens with one attached hydrogen (secondary N) is 3. The van der Waals surface area contributed by atoms with Crippen molar-refractivity contribution in [2.45, 2.75) is 12.8 Å². The van der Waals surface area contributed by atoms with E-state index in [9.17, 15) is 14.4 Å². The number of urea groups is 1. The number of hydrogen-bond acceptors (Lipinski definition) is 3. The monoisotopic (exact) mass is 185 g/mol. The zero-order valence-corrected chi connectivity index (χ0v) is 7.22. The highest BCUT2D eigenvalue weighted by Crippen LogP contribution is 2.22. The molecule has 0 aliphatic heterocycles. The Bertz CT molecular complexity index is 243. The van der Waals surface area contributed by atoms with E-state index in [0.29, 0.717) is 0 Å². The van der Waals surface area contributed by atoms with Gasteiger partial charge in [-0.3, -0.25) is 15.0 Å². The number of ketones is 1. The van der Waals surface area contributed by atoms with Crippen LogP contribution in [0.3, 0.4) is 0 Å². The Morgan fingerprint density at radius 3 is 2.38 bits per heavy atom. The molecular formula is C7H11N3O3. The van der Waals surface area contributed by atoms with E-state index in [1.165, 1.54) is 7.05 Å². The summed E-state index contributed by atoms with van der Waals surface area (Å²) in [6, 6.07) is -0.487. The molecule has 1 rings (SSSR count). The second kappa shape index (κ2) is 3.88. The van der Waals surface area contributed by atoms with Crippen molar-refractivity contribution in [3.8, 4) is 0 Å². The lowest BCUT2D eigenvalue weighted by Gasteiger charge is -2.22. The number of hydrazine groups is 1. The molecule has 72 valence electrons.